The summed E-state index contributed by atoms with van der Waals surface area (Å²) in [6.45, 7) is 8.54. The van der Waals surface area contributed by atoms with Crippen molar-refractivity contribution in [1.82, 2.24) is 5.43 Å². The van der Waals surface area contributed by atoms with Gasteiger partial charge >= 0.3 is 0 Å². The monoisotopic (exact) mass is 186 g/mol. The standard InChI is InChI=1S/C10H22N2O/c1-4-7-8-9(12-11)10(5-2)13-6-3/h4,9-10,12H,1,5-8,11H2,2-3H3. The largest absolute Gasteiger partial charge is 0.377 e. The number of hydrazine groups is 1. The summed E-state index contributed by atoms with van der Waals surface area (Å²) in [4.78, 5) is 0. The smallest absolute Gasteiger partial charge is 0.0738 e. The summed E-state index contributed by atoms with van der Waals surface area (Å²) in [5.41, 5.74) is 2.80. The van der Waals surface area contributed by atoms with Crippen LogP contribution >= 0.6 is 0 Å². The Kier molecular flexibility index (Phi) is 7.99. The molecule has 3 nitrogen and oxygen atoms in total. The molecule has 0 aromatic carbocycles. The molecule has 0 saturated heterocycles. The van der Waals surface area contributed by atoms with E-state index in [-0.39, 0.29) is 12.1 Å². The summed E-state index contributed by atoms with van der Waals surface area (Å²) in [6.07, 6.45) is 5.06. The second-order valence-electron chi connectivity index (χ2n) is 3.04. The molecular weight excluding hydrogens is 164 g/mol. The fourth-order valence-corrected chi connectivity index (χ4v) is 1.41. The molecule has 0 aliphatic carbocycles. The minimum atomic E-state index is 0.218. The minimum absolute atomic E-state index is 0.218. The van der Waals surface area contributed by atoms with Gasteiger partial charge in [0.2, 0.25) is 0 Å². The molecule has 0 saturated carbocycles. The summed E-state index contributed by atoms with van der Waals surface area (Å²) in [5, 5.41) is 0. The van der Waals surface area contributed by atoms with Gasteiger partial charge in [0.15, 0.2) is 0 Å². The fourth-order valence-electron chi connectivity index (χ4n) is 1.41. The van der Waals surface area contributed by atoms with E-state index in [4.69, 9.17) is 10.6 Å². The van der Waals surface area contributed by atoms with Crippen LogP contribution in [0.15, 0.2) is 12.7 Å². The molecule has 78 valence electrons. The lowest BCUT2D eigenvalue weighted by molar-refractivity contribution is 0.0299. The molecule has 13 heavy (non-hydrogen) atoms. The molecule has 3 N–H and O–H groups in total. The third-order valence-corrected chi connectivity index (χ3v) is 2.13. The third-order valence-electron chi connectivity index (χ3n) is 2.13. The normalized spacial score (nSPS) is 15.3. The molecule has 0 bridgehead atoms. The van der Waals surface area contributed by atoms with E-state index in [2.05, 4.69) is 18.9 Å². The first-order valence-corrected chi connectivity index (χ1v) is 4.98. The molecule has 2 atom stereocenters. The maximum atomic E-state index is 5.56. The molecule has 0 spiro atoms. The molecule has 0 aromatic rings. The number of allylic oxidation sites excluding steroid dienone is 1. The second-order valence-corrected chi connectivity index (χ2v) is 3.04. The summed E-state index contributed by atoms with van der Waals surface area (Å²) < 4.78 is 5.56. The summed E-state index contributed by atoms with van der Waals surface area (Å²) in [5.74, 6) is 5.46. The van der Waals surface area contributed by atoms with Gasteiger partial charge in [-0.15, -0.1) is 6.58 Å². The number of rotatable bonds is 8. The van der Waals surface area contributed by atoms with Gasteiger partial charge in [-0.2, -0.15) is 0 Å². The van der Waals surface area contributed by atoms with Gasteiger partial charge in [-0.25, -0.2) is 0 Å². The van der Waals surface area contributed by atoms with Crippen LogP contribution in [0.2, 0.25) is 0 Å². The Balaban J connectivity index is 3.91. The molecule has 0 fully saturated rings. The van der Waals surface area contributed by atoms with Crippen LogP contribution in [0.5, 0.6) is 0 Å². The van der Waals surface area contributed by atoms with Gasteiger partial charge in [-0.1, -0.05) is 13.0 Å². The van der Waals surface area contributed by atoms with E-state index in [1.165, 1.54) is 0 Å². The predicted molar refractivity (Wildman–Crippen MR) is 56.2 cm³/mol. The van der Waals surface area contributed by atoms with Crippen LogP contribution in [0.1, 0.15) is 33.1 Å². The van der Waals surface area contributed by atoms with E-state index in [9.17, 15) is 0 Å². The summed E-state index contributed by atoms with van der Waals surface area (Å²) >= 11 is 0. The number of nitrogens with one attached hydrogen (secondary N) is 1. The van der Waals surface area contributed by atoms with Crippen molar-refractivity contribution < 1.29 is 4.74 Å². The van der Waals surface area contributed by atoms with Crippen LogP contribution in [0.3, 0.4) is 0 Å². The Morgan fingerprint density at radius 1 is 1.54 bits per heavy atom. The van der Waals surface area contributed by atoms with Crippen LogP contribution < -0.4 is 11.3 Å². The molecule has 3 heteroatoms. The lowest BCUT2D eigenvalue weighted by Gasteiger charge is -2.24. The van der Waals surface area contributed by atoms with Gasteiger partial charge in [0.1, 0.15) is 0 Å². The average Bonchev–Trinajstić information content (AvgIpc) is 2.17. The van der Waals surface area contributed by atoms with Gasteiger partial charge in [0.25, 0.3) is 0 Å². The highest BCUT2D eigenvalue weighted by Crippen LogP contribution is 2.09. The zero-order chi connectivity index (χ0) is 10.1. The predicted octanol–water partition coefficient (Wildman–Crippen LogP) is 1.60. The molecule has 0 aliphatic rings. The summed E-state index contributed by atoms with van der Waals surface area (Å²) in [6, 6.07) is 0.239. The van der Waals surface area contributed by atoms with Gasteiger partial charge in [0.05, 0.1) is 6.10 Å². The molecule has 0 aliphatic heterocycles. The first kappa shape index (κ1) is 12.6. The van der Waals surface area contributed by atoms with Crippen molar-refractivity contribution in [3.8, 4) is 0 Å². The Labute approximate surface area is 81.3 Å². The third kappa shape index (κ3) is 5.03. The van der Waals surface area contributed by atoms with Crippen LogP contribution in [0.4, 0.5) is 0 Å². The van der Waals surface area contributed by atoms with Gasteiger partial charge in [-0.3, -0.25) is 11.3 Å². The van der Waals surface area contributed by atoms with E-state index in [1.54, 1.807) is 0 Å². The molecule has 0 heterocycles. The first-order valence-electron chi connectivity index (χ1n) is 4.98. The number of ether oxygens (including phenoxy) is 1. The lowest BCUT2D eigenvalue weighted by atomic mass is 10.0. The quantitative estimate of drug-likeness (QED) is 0.344. The number of nitrogens with two attached hydrogens (primary N) is 1. The Bertz CT molecular complexity index is 128. The highest BCUT2D eigenvalue weighted by atomic mass is 16.5. The highest BCUT2D eigenvalue weighted by molar-refractivity contribution is 4.78. The highest BCUT2D eigenvalue weighted by Gasteiger charge is 2.17. The fraction of sp³-hybridized carbons (Fsp3) is 0.800. The van der Waals surface area contributed by atoms with Crippen LogP contribution in [0, 0.1) is 0 Å². The molecule has 0 amide bonds. The van der Waals surface area contributed by atoms with Crippen LogP contribution in [-0.2, 0) is 4.74 Å². The summed E-state index contributed by atoms with van der Waals surface area (Å²) in [7, 11) is 0. The Hall–Kier alpha value is -0.380. The van der Waals surface area contributed by atoms with E-state index in [0.29, 0.717) is 0 Å². The average molecular weight is 186 g/mol. The van der Waals surface area contributed by atoms with Crippen molar-refractivity contribution in [3.05, 3.63) is 12.7 Å². The molecule has 0 aromatic heterocycles. The number of hydrogen-bond acceptors (Lipinski definition) is 3. The van der Waals surface area contributed by atoms with Gasteiger partial charge in [-0.05, 0) is 26.2 Å². The zero-order valence-electron chi connectivity index (χ0n) is 8.75. The maximum absolute atomic E-state index is 5.56. The molecule has 0 radical (unpaired) electrons. The lowest BCUT2D eigenvalue weighted by Crippen LogP contribution is -2.44. The van der Waals surface area contributed by atoms with Crippen molar-refractivity contribution in [2.24, 2.45) is 5.84 Å². The van der Waals surface area contributed by atoms with Gasteiger partial charge < -0.3 is 4.74 Å². The van der Waals surface area contributed by atoms with Crippen molar-refractivity contribution in [1.29, 1.82) is 0 Å². The van der Waals surface area contributed by atoms with E-state index >= 15 is 0 Å². The Morgan fingerprint density at radius 2 is 2.23 bits per heavy atom. The topological polar surface area (TPSA) is 47.3 Å². The van der Waals surface area contributed by atoms with Gasteiger partial charge in [0, 0.05) is 12.6 Å². The first-order chi connectivity index (χ1) is 6.29. The molecule has 0 rings (SSSR count). The van der Waals surface area contributed by atoms with E-state index in [0.717, 1.165) is 25.9 Å². The SMILES string of the molecule is C=CCCC(NN)C(CC)OCC. The van der Waals surface area contributed by atoms with Crippen molar-refractivity contribution in [3.63, 3.8) is 0 Å². The van der Waals surface area contributed by atoms with E-state index < -0.39 is 0 Å². The molecular formula is C10H22N2O. The zero-order valence-corrected chi connectivity index (χ0v) is 8.75. The van der Waals surface area contributed by atoms with Crippen molar-refractivity contribution in [2.75, 3.05) is 6.61 Å². The second kappa shape index (κ2) is 8.23. The minimum Gasteiger partial charge on any atom is -0.377 e. The van der Waals surface area contributed by atoms with E-state index in [1.807, 2.05) is 13.0 Å². The van der Waals surface area contributed by atoms with Crippen LogP contribution in [-0.4, -0.2) is 18.8 Å². The van der Waals surface area contributed by atoms with Crippen molar-refractivity contribution in [2.45, 2.75) is 45.3 Å². The molecule has 2 unspecified atom stereocenters. The Morgan fingerprint density at radius 3 is 2.62 bits per heavy atom. The maximum Gasteiger partial charge on any atom is 0.0738 e. The van der Waals surface area contributed by atoms with Crippen molar-refractivity contribution >= 4 is 0 Å². The number of hydrogen-bond donors (Lipinski definition) is 2. The van der Waals surface area contributed by atoms with Crippen LogP contribution in [0.25, 0.3) is 0 Å².